The number of aromatic nitrogens is 3. The molecule has 2 aromatic heterocycles. The van der Waals surface area contributed by atoms with Gasteiger partial charge in [0.25, 0.3) is 0 Å². The van der Waals surface area contributed by atoms with Gasteiger partial charge in [-0.1, -0.05) is 30.3 Å². The minimum absolute atomic E-state index is 0.0105. The fraction of sp³-hybridized carbons (Fsp3) is 0.333. The summed E-state index contributed by atoms with van der Waals surface area (Å²) in [7, 11) is 0. The van der Waals surface area contributed by atoms with Crippen LogP contribution < -0.4 is 4.90 Å². The van der Waals surface area contributed by atoms with Crippen molar-refractivity contribution in [3.8, 4) is 11.1 Å². The van der Waals surface area contributed by atoms with Crippen LogP contribution in [0.15, 0.2) is 36.4 Å². The number of anilines is 1. The fourth-order valence-electron chi connectivity index (χ4n) is 3.21. The van der Waals surface area contributed by atoms with Gasteiger partial charge in [0.15, 0.2) is 11.3 Å². The molecule has 0 aliphatic carbocycles. The summed E-state index contributed by atoms with van der Waals surface area (Å²) in [6, 6.07) is 10.2. The van der Waals surface area contributed by atoms with E-state index in [9.17, 15) is 13.2 Å². The lowest BCUT2D eigenvalue weighted by Crippen LogP contribution is -2.37. The molecule has 1 aliphatic rings. The largest absolute Gasteiger partial charge is 0.435 e. The topological polar surface area (TPSA) is 42.7 Å². The Bertz CT molecular complexity index is 931. The van der Waals surface area contributed by atoms with Gasteiger partial charge in [-0.05, 0) is 12.5 Å². The molecule has 1 saturated heterocycles. The van der Waals surface area contributed by atoms with Gasteiger partial charge in [0.1, 0.15) is 5.82 Å². The summed E-state index contributed by atoms with van der Waals surface area (Å²) in [5.74, 6) is 0.600. The molecule has 3 heterocycles. The number of halogens is 3. The second-order valence-corrected chi connectivity index (χ2v) is 6.18. The van der Waals surface area contributed by atoms with Gasteiger partial charge in [0.2, 0.25) is 0 Å². The molecule has 136 valence electrons. The number of hydrogen-bond donors (Lipinski definition) is 0. The highest BCUT2D eigenvalue weighted by Gasteiger charge is 2.39. The Labute approximate surface area is 148 Å². The lowest BCUT2D eigenvalue weighted by atomic mass is 10.1. The summed E-state index contributed by atoms with van der Waals surface area (Å²) in [6.45, 7) is 4.03. The van der Waals surface area contributed by atoms with Crippen LogP contribution in [-0.2, 0) is 10.9 Å². The first kappa shape index (κ1) is 16.8. The van der Waals surface area contributed by atoms with E-state index in [1.54, 1.807) is 43.3 Å². The van der Waals surface area contributed by atoms with Crippen LogP contribution in [0.3, 0.4) is 0 Å². The maximum atomic E-state index is 13.7. The molecule has 8 heteroatoms. The van der Waals surface area contributed by atoms with Gasteiger partial charge < -0.3 is 9.64 Å². The highest BCUT2D eigenvalue weighted by atomic mass is 19.4. The van der Waals surface area contributed by atoms with Gasteiger partial charge in [-0.25, -0.2) is 4.98 Å². The van der Waals surface area contributed by atoms with Crippen LogP contribution in [0.4, 0.5) is 19.0 Å². The Hall–Kier alpha value is -2.61. The number of benzene rings is 1. The van der Waals surface area contributed by atoms with Gasteiger partial charge in [-0.2, -0.15) is 22.8 Å². The number of hydrogen-bond acceptors (Lipinski definition) is 4. The summed E-state index contributed by atoms with van der Waals surface area (Å²) in [5, 5.41) is 3.92. The molecular formula is C18H17F3N4O. The molecule has 0 unspecified atom stereocenters. The van der Waals surface area contributed by atoms with Crippen molar-refractivity contribution in [2.24, 2.45) is 0 Å². The molecule has 3 aromatic rings. The van der Waals surface area contributed by atoms with E-state index >= 15 is 0 Å². The van der Waals surface area contributed by atoms with E-state index in [-0.39, 0.29) is 11.2 Å². The van der Waals surface area contributed by atoms with Gasteiger partial charge in [0, 0.05) is 24.8 Å². The molecular weight excluding hydrogens is 345 g/mol. The smallest absolute Gasteiger partial charge is 0.378 e. The monoisotopic (exact) mass is 362 g/mol. The van der Waals surface area contributed by atoms with Crippen molar-refractivity contribution in [2.75, 3.05) is 31.2 Å². The van der Waals surface area contributed by atoms with Crippen LogP contribution >= 0.6 is 0 Å². The molecule has 0 spiro atoms. The first-order valence-electron chi connectivity index (χ1n) is 8.31. The average molecular weight is 362 g/mol. The first-order valence-corrected chi connectivity index (χ1v) is 8.31. The molecule has 1 fully saturated rings. The van der Waals surface area contributed by atoms with E-state index in [0.717, 1.165) is 0 Å². The van der Waals surface area contributed by atoms with Crippen molar-refractivity contribution >= 4 is 11.5 Å². The second-order valence-electron chi connectivity index (χ2n) is 6.18. The van der Waals surface area contributed by atoms with Crippen molar-refractivity contribution in [3.63, 3.8) is 0 Å². The Kier molecular flexibility index (Phi) is 4.07. The zero-order chi connectivity index (χ0) is 18.3. The third-order valence-electron chi connectivity index (χ3n) is 4.36. The Balaban J connectivity index is 2.01. The van der Waals surface area contributed by atoms with Crippen molar-refractivity contribution < 1.29 is 17.9 Å². The summed E-state index contributed by atoms with van der Waals surface area (Å²) in [4.78, 5) is 6.36. The molecule has 0 saturated carbocycles. The normalized spacial score (nSPS) is 15.6. The lowest BCUT2D eigenvalue weighted by Gasteiger charge is -2.29. The van der Waals surface area contributed by atoms with E-state index in [1.165, 1.54) is 4.52 Å². The number of alkyl halides is 3. The van der Waals surface area contributed by atoms with Crippen molar-refractivity contribution in [2.45, 2.75) is 13.1 Å². The number of morpholine rings is 1. The summed E-state index contributed by atoms with van der Waals surface area (Å²) in [5.41, 5.74) is 0.392. The van der Waals surface area contributed by atoms with Crippen LogP contribution in [0.25, 0.3) is 16.8 Å². The quantitative estimate of drug-likeness (QED) is 0.699. The zero-order valence-corrected chi connectivity index (χ0v) is 14.1. The molecule has 1 aliphatic heterocycles. The lowest BCUT2D eigenvalue weighted by molar-refractivity contribution is -0.140. The Morgan fingerprint density at radius 3 is 2.42 bits per heavy atom. The average Bonchev–Trinajstić information content (AvgIpc) is 3.02. The fourth-order valence-corrected chi connectivity index (χ4v) is 3.21. The van der Waals surface area contributed by atoms with E-state index in [4.69, 9.17) is 4.74 Å². The maximum Gasteiger partial charge on any atom is 0.435 e. The Morgan fingerprint density at radius 1 is 1.08 bits per heavy atom. The van der Waals surface area contributed by atoms with Crippen LogP contribution in [0.5, 0.6) is 0 Å². The van der Waals surface area contributed by atoms with Crippen LogP contribution in [-0.4, -0.2) is 40.9 Å². The maximum absolute atomic E-state index is 13.7. The highest BCUT2D eigenvalue weighted by molar-refractivity contribution is 5.81. The van der Waals surface area contributed by atoms with Crippen LogP contribution in [0, 0.1) is 6.92 Å². The number of rotatable bonds is 2. The number of fused-ring (bicyclic) bond motifs is 1. The minimum atomic E-state index is -4.57. The molecule has 0 atom stereocenters. The first-order chi connectivity index (χ1) is 12.4. The van der Waals surface area contributed by atoms with E-state index in [2.05, 4.69) is 10.1 Å². The van der Waals surface area contributed by atoms with Gasteiger partial charge in [0.05, 0.1) is 18.8 Å². The third-order valence-corrected chi connectivity index (χ3v) is 4.36. The van der Waals surface area contributed by atoms with Gasteiger partial charge in [-0.15, -0.1) is 0 Å². The van der Waals surface area contributed by atoms with Crippen molar-refractivity contribution in [1.29, 1.82) is 0 Å². The summed E-state index contributed by atoms with van der Waals surface area (Å²) in [6.07, 6.45) is -4.57. The van der Waals surface area contributed by atoms with Gasteiger partial charge in [-0.3, -0.25) is 0 Å². The highest BCUT2D eigenvalue weighted by Crippen LogP contribution is 2.39. The molecule has 0 amide bonds. The van der Waals surface area contributed by atoms with E-state index in [0.29, 0.717) is 43.4 Å². The zero-order valence-electron chi connectivity index (χ0n) is 14.1. The van der Waals surface area contributed by atoms with Crippen LogP contribution in [0.1, 0.15) is 11.4 Å². The van der Waals surface area contributed by atoms with Crippen molar-refractivity contribution in [1.82, 2.24) is 14.6 Å². The third kappa shape index (κ3) is 2.90. The van der Waals surface area contributed by atoms with Crippen molar-refractivity contribution in [3.05, 3.63) is 47.8 Å². The molecule has 1 aromatic carbocycles. The summed E-state index contributed by atoms with van der Waals surface area (Å²) < 4.78 is 47.8. The standard InChI is InChI=1S/C18H17F3N4O/c1-12-11-14(24-7-9-26-10-8-24)25-17(22-12)15(13-5-3-2-4-6-13)16(23-25)18(19,20)21/h2-6,11H,7-10H2,1H3. The molecule has 26 heavy (non-hydrogen) atoms. The SMILES string of the molecule is Cc1cc(N2CCOCC2)n2nc(C(F)(F)F)c(-c3ccccc3)c2n1. The van der Waals surface area contributed by atoms with E-state index < -0.39 is 11.9 Å². The molecule has 0 bridgehead atoms. The number of nitrogens with zero attached hydrogens (tertiary/aromatic N) is 4. The molecule has 0 radical (unpaired) electrons. The minimum Gasteiger partial charge on any atom is -0.378 e. The molecule has 4 rings (SSSR count). The van der Waals surface area contributed by atoms with Crippen LogP contribution in [0.2, 0.25) is 0 Å². The predicted octanol–water partition coefficient (Wildman–Crippen LogP) is 3.56. The molecule has 5 nitrogen and oxygen atoms in total. The van der Waals surface area contributed by atoms with Gasteiger partial charge >= 0.3 is 6.18 Å². The van der Waals surface area contributed by atoms with E-state index in [1.807, 2.05) is 4.90 Å². The second kappa shape index (κ2) is 6.28. The molecule has 0 N–H and O–H groups in total. The summed E-state index contributed by atoms with van der Waals surface area (Å²) >= 11 is 0. The Morgan fingerprint density at radius 2 is 1.77 bits per heavy atom. The number of ether oxygens (including phenoxy) is 1. The predicted molar refractivity (Wildman–Crippen MR) is 91.2 cm³/mol. The number of aryl methyl sites for hydroxylation is 1.